The zero-order chi connectivity index (χ0) is 18.6. The van der Waals surface area contributed by atoms with Gasteiger partial charge in [-0.3, -0.25) is 24.1 Å². The average molecular weight is 390 g/mol. The number of carboxylic acid groups (broad SMARTS) is 1. The van der Waals surface area contributed by atoms with E-state index in [-0.39, 0.29) is 4.87 Å². The molecule has 0 radical (unpaired) electrons. The van der Waals surface area contributed by atoms with Gasteiger partial charge in [-0.05, 0) is 12.5 Å². The Hall–Kier alpha value is -2.39. The van der Waals surface area contributed by atoms with E-state index in [0.717, 1.165) is 44.0 Å². The van der Waals surface area contributed by atoms with Gasteiger partial charge in [0.15, 0.2) is 0 Å². The van der Waals surface area contributed by atoms with E-state index in [9.17, 15) is 19.2 Å². The molecule has 0 bridgehead atoms. The number of nitrogens with one attached hydrogen (secondary N) is 1. The van der Waals surface area contributed by atoms with Crippen molar-refractivity contribution in [3.8, 4) is 0 Å². The molecular formula is C17H14N2O5S2. The molecular weight excluding hydrogens is 376 g/mol. The third-order valence-corrected chi connectivity index (χ3v) is 7.05. The first kappa shape index (κ1) is 17.0. The largest absolute Gasteiger partial charge is 0.480 e. The lowest BCUT2D eigenvalue weighted by Crippen LogP contribution is -2.36. The van der Waals surface area contributed by atoms with Gasteiger partial charge in [-0.15, -0.1) is 0 Å². The van der Waals surface area contributed by atoms with E-state index in [1.54, 1.807) is 0 Å². The van der Waals surface area contributed by atoms with Crippen molar-refractivity contribution in [1.82, 2.24) is 9.88 Å². The van der Waals surface area contributed by atoms with Crippen molar-refractivity contribution in [2.45, 2.75) is 23.1 Å². The maximum absolute atomic E-state index is 12.9. The van der Waals surface area contributed by atoms with Crippen LogP contribution in [0.15, 0.2) is 34.1 Å². The number of H-pyrrole nitrogens is 1. The maximum atomic E-state index is 12.9. The zero-order valence-corrected chi connectivity index (χ0v) is 15.2. The molecule has 2 aromatic rings. The number of carbonyl (C=O) groups excluding carboxylic acids is 2. The van der Waals surface area contributed by atoms with Crippen LogP contribution in [0.2, 0.25) is 0 Å². The summed E-state index contributed by atoms with van der Waals surface area (Å²) in [5.74, 6) is -3.40. The monoisotopic (exact) mass is 390 g/mol. The van der Waals surface area contributed by atoms with Gasteiger partial charge in [0.2, 0.25) is 11.8 Å². The van der Waals surface area contributed by atoms with Crippen LogP contribution in [0.5, 0.6) is 0 Å². The predicted octanol–water partition coefficient (Wildman–Crippen LogP) is 1.42. The number of hydrogen-bond donors (Lipinski definition) is 2. The molecule has 3 heterocycles. The first-order valence-corrected chi connectivity index (χ1v) is 9.59. The van der Waals surface area contributed by atoms with Gasteiger partial charge in [0, 0.05) is 10.8 Å². The summed E-state index contributed by atoms with van der Waals surface area (Å²) in [6.07, 6.45) is 0. The number of amides is 2. The number of nitrogens with zero attached hydrogens (tertiary/aromatic N) is 1. The molecule has 9 heteroatoms. The summed E-state index contributed by atoms with van der Waals surface area (Å²) in [6.45, 7) is 1.30. The van der Waals surface area contributed by atoms with Gasteiger partial charge in [0.1, 0.15) is 11.8 Å². The molecule has 2 amide bonds. The lowest BCUT2D eigenvalue weighted by atomic mass is 9.83. The molecule has 26 heavy (non-hydrogen) atoms. The second-order valence-electron chi connectivity index (χ2n) is 6.32. The van der Waals surface area contributed by atoms with Gasteiger partial charge in [0.05, 0.1) is 10.9 Å². The fourth-order valence-electron chi connectivity index (χ4n) is 3.50. The number of thiazole rings is 1. The van der Waals surface area contributed by atoms with E-state index in [4.69, 9.17) is 5.11 Å². The van der Waals surface area contributed by atoms with E-state index in [2.05, 4.69) is 4.98 Å². The molecule has 1 fully saturated rings. The van der Waals surface area contributed by atoms with Gasteiger partial charge in [-0.25, -0.2) is 0 Å². The molecule has 2 N–H and O–H groups in total. The van der Waals surface area contributed by atoms with Crippen molar-refractivity contribution in [1.29, 1.82) is 0 Å². The summed E-state index contributed by atoms with van der Waals surface area (Å²) < 4.78 is 0. The number of thioether (sulfide) groups is 1. The van der Waals surface area contributed by atoms with Crippen LogP contribution in [0.4, 0.5) is 0 Å². The summed E-state index contributed by atoms with van der Waals surface area (Å²) in [5, 5.41) is 8.89. The van der Waals surface area contributed by atoms with E-state index in [0.29, 0.717) is 5.03 Å². The quantitative estimate of drug-likeness (QED) is 0.768. The smallest absolute Gasteiger partial charge is 0.323 e. The van der Waals surface area contributed by atoms with Crippen LogP contribution in [0.25, 0.3) is 0 Å². The Morgan fingerprint density at radius 3 is 2.54 bits per heavy atom. The summed E-state index contributed by atoms with van der Waals surface area (Å²) in [7, 11) is 0. The van der Waals surface area contributed by atoms with E-state index >= 15 is 0 Å². The number of carboxylic acids is 1. The third-order valence-electron chi connectivity index (χ3n) is 4.65. The number of imide groups is 1. The Balaban J connectivity index is 1.85. The number of aromatic amines is 1. The molecule has 0 aliphatic carbocycles. The summed E-state index contributed by atoms with van der Waals surface area (Å²) >= 11 is 2.18. The second-order valence-corrected chi connectivity index (χ2v) is 8.48. The molecule has 2 aliphatic heterocycles. The number of benzene rings is 1. The summed E-state index contributed by atoms with van der Waals surface area (Å²) in [6, 6.07) is 7.60. The van der Waals surface area contributed by atoms with Crippen LogP contribution in [0.3, 0.4) is 0 Å². The van der Waals surface area contributed by atoms with E-state index in [1.807, 2.05) is 31.2 Å². The number of carbonyl (C=O) groups is 3. The summed E-state index contributed by atoms with van der Waals surface area (Å²) in [5.41, 5.74) is 1.89. The molecule has 7 nitrogen and oxygen atoms in total. The normalized spacial score (nSPS) is 24.5. The lowest BCUT2D eigenvalue weighted by molar-refractivity contribution is -0.149. The van der Waals surface area contributed by atoms with E-state index < -0.39 is 41.4 Å². The SMILES string of the molecule is Cc1ccc([C@@H]2c3sc(=O)[nH]c3S[C@@H]3C(=O)N(CC(=O)O)C(=O)[C@H]23)cc1. The molecule has 1 aromatic heterocycles. The van der Waals surface area contributed by atoms with Gasteiger partial charge in [-0.2, -0.15) is 0 Å². The highest BCUT2D eigenvalue weighted by Gasteiger charge is 2.56. The molecule has 1 aromatic carbocycles. The highest BCUT2D eigenvalue weighted by Crippen LogP contribution is 2.52. The second kappa shape index (κ2) is 6.10. The number of aliphatic carboxylic acids is 1. The van der Waals surface area contributed by atoms with Crippen LogP contribution >= 0.6 is 23.1 Å². The molecule has 3 atom stereocenters. The van der Waals surface area contributed by atoms with Crippen LogP contribution in [-0.2, 0) is 14.4 Å². The Kier molecular flexibility index (Phi) is 4.00. The number of likely N-dealkylation sites (tertiary alicyclic amines) is 1. The fraction of sp³-hybridized carbons (Fsp3) is 0.294. The predicted molar refractivity (Wildman–Crippen MR) is 95.5 cm³/mol. The minimum atomic E-state index is -1.23. The molecule has 0 saturated carbocycles. The number of aryl methyl sites for hydroxylation is 1. The third kappa shape index (κ3) is 2.58. The highest BCUT2D eigenvalue weighted by molar-refractivity contribution is 8.00. The first-order chi connectivity index (χ1) is 12.4. The maximum Gasteiger partial charge on any atom is 0.323 e. The van der Waals surface area contributed by atoms with Crippen molar-refractivity contribution in [2.24, 2.45) is 5.92 Å². The van der Waals surface area contributed by atoms with Crippen LogP contribution in [0, 0.1) is 12.8 Å². The standard InChI is InChI=1S/C17H14N2O5S2/c1-7-2-4-8(5-3-7)10-11-13(25-14-12(10)26-17(24)18-14)16(23)19(15(11)22)6-9(20)21/h2-5,10-11,13H,6H2,1H3,(H,18,24)(H,20,21)/t10-,11+,13-/m0/s1. The minimum absolute atomic E-state index is 0.234. The van der Waals surface area contributed by atoms with Crippen molar-refractivity contribution in [3.63, 3.8) is 0 Å². The van der Waals surface area contributed by atoms with Crippen LogP contribution < -0.4 is 4.87 Å². The highest BCUT2D eigenvalue weighted by atomic mass is 32.2. The van der Waals surface area contributed by atoms with Crippen molar-refractivity contribution >= 4 is 40.9 Å². The van der Waals surface area contributed by atoms with Crippen molar-refractivity contribution in [2.75, 3.05) is 6.54 Å². The summed E-state index contributed by atoms with van der Waals surface area (Å²) in [4.78, 5) is 52.5. The Labute approximate surface area is 156 Å². The average Bonchev–Trinajstić information content (AvgIpc) is 3.06. The number of rotatable bonds is 3. The Morgan fingerprint density at radius 1 is 1.19 bits per heavy atom. The Morgan fingerprint density at radius 2 is 1.88 bits per heavy atom. The topological polar surface area (TPSA) is 108 Å². The molecule has 2 aliphatic rings. The van der Waals surface area contributed by atoms with Crippen LogP contribution in [-0.4, -0.2) is 44.6 Å². The Bertz CT molecular complexity index is 978. The van der Waals surface area contributed by atoms with E-state index in [1.165, 1.54) is 0 Å². The molecule has 0 spiro atoms. The van der Waals surface area contributed by atoms with Crippen molar-refractivity contribution < 1.29 is 19.5 Å². The fourth-order valence-corrected chi connectivity index (χ4v) is 6.04. The number of fused-ring (bicyclic) bond motifs is 2. The molecule has 1 saturated heterocycles. The lowest BCUT2D eigenvalue weighted by Gasteiger charge is -2.29. The van der Waals surface area contributed by atoms with Gasteiger partial charge >= 0.3 is 10.8 Å². The number of hydrogen-bond acceptors (Lipinski definition) is 6. The number of aromatic nitrogens is 1. The molecule has 134 valence electrons. The van der Waals surface area contributed by atoms with Gasteiger partial charge < -0.3 is 10.1 Å². The van der Waals surface area contributed by atoms with Gasteiger partial charge in [-0.1, -0.05) is 52.9 Å². The zero-order valence-electron chi connectivity index (χ0n) is 13.6. The molecule has 4 rings (SSSR count). The first-order valence-electron chi connectivity index (χ1n) is 7.90. The molecule has 0 unspecified atom stereocenters. The van der Waals surface area contributed by atoms with Crippen molar-refractivity contribution in [3.05, 3.63) is 49.9 Å². The minimum Gasteiger partial charge on any atom is -0.480 e. The van der Waals surface area contributed by atoms with Crippen LogP contribution in [0.1, 0.15) is 21.9 Å². The van der Waals surface area contributed by atoms with Gasteiger partial charge in [0.25, 0.3) is 0 Å².